The molecular formula is C8H10N2S. The summed E-state index contributed by atoms with van der Waals surface area (Å²) in [6, 6.07) is 0. The van der Waals surface area contributed by atoms with Gasteiger partial charge in [0.1, 0.15) is 0 Å². The molecule has 0 aliphatic heterocycles. The Bertz CT molecular complexity index is 271. The first-order valence-electron chi connectivity index (χ1n) is 3.26. The molecule has 0 bridgehead atoms. The second-order valence-corrected chi connectivity index (χ2v) is 3.07. The van der Waals surface area contributed by atoms with Crippen molar-refractivity contribution in [3.8, 4) is 0 Å². The molecule has 0 spiro atoms. The van der Waals surface area contributed by atoms with Gasteiger partial charge in [0.25, 0.3) is 0 Å². The van der Waals surface area contributed by atoms with Gasteiger partial charge in [-0.2, -0.15) is 0 Å². The van der Waals surface area contributed by atoms with Gasteiger partial charge in [0.15, 0.2) is 0 Å². The second-order valence-electron chi connectivity index (χ2n) is 2.17. The van der Waals surface area contributed by atoms with Crippen molar-refractivity contribution in [3.63, 3.8) is 0 Å². The van der Waals surface area contributed by atoms with E-state index in [0.29, 0.717) is 0 Å². The van der Waals surface area contributed by atoms with Crippen molar-refractivity contribution >= 4 is 16.7 Å². The average Bonchev–Trinajstić information content (AvgIpc) is 2.03. The Labute approximate surface area is 70.8 Å². The van der Waals surface area contributed by atoms with Crippen molar-refractivity contribution < 1.29 is 0 Å². The van der Waals surface area contributed by atoms with E-state index in [1.54, 1.807) is 24.2 Å². The first kappa shape index (κ1) is 8.27. The summed E-state index contributed by atoms with van der Waals surface area (Å²) in [5.41, 5.74) is 1.80. The molecule has 0 saturated heterocycles. The van der Waals surface area contributed by atoms with Gasteiger partial charge in [-0.25, -0.2) is 4.98 Å². The van der Waals surface area contributed by atoms with Crippen molar-refractivity contribution in [1.29, 1.82) is 0 Å². The molecule has 3 heteroatoms. The monoisotopic (exact) mass is 166 g/mol. The van der Waals surface area contributed by atoms with Gasteiger partial charge in [0, 0.05) is 11.1 Å². The standard InChI is InChI=1S/C8H10N2S/c1-6-4-9-5-8(10-6)7(2)11-3/h4-5H,2H2,1,3H3. The van der Waals surface area contributed by atoms with Crippen LogP contribution in [0.4, 0.5) is 0 Å². The molecule has 0 aromatic carbocycles. The smallest absolute Gasteiger partial charge is 0.0945 e. The number of rotatable bonds is 2. The zero-order chi connectivity index (χ0) is 8.27. The third-order valence-corrected chi connectivity index (χ3v) is 1.99. The molecule has 58 valence electrons. The van der Waals surface area contributed by atoms with Gasteiger partial charge >= 0.3 is 0 Å². The predicted molar refractivity (Wildman–Crippen MR) is 49.3 cm³/mol. The van der Waals surface area contributed by atoms with Gasteiger partial charge in [-0.3, -0.25) is 4.98 Å². The molecular weight excluding hydrogens is 156 g/mol. The van der Waals surface area contributed by atoms with Gasteiger partial charge in [0.2, 0.25) is 0 Å². The fourth-order valence-corrected chi connectivity index (χ4v) is 1.01. The summed E-state index contributed by atoms with van der Waals surface area (Å²) < 4.78 is 0. The van der Waals surface area contributed by atoms with E-state index >= 15 is 0 Å². The summed E-state index contributed by atoms with van der Waals surface area (Å²) in [4.78, 5) is 9.24. The maximum atomic E-state index is 4.26. The molecule has 2 nitrogen and oxygen atoms in total. The number of thioether (sulfide) groups is 1. The molecule has 0 fully saturated rings. The molecule has 0 aliphatic carbocycles. The highest BCUT2D eigenvalue weighted by Gasteiger charge is 1.97. The van der Waals surface area contributed by atoms with E-state index in [-0.39, 0.29) is 0 Å². The van der Waals surface area contributed by atoms with Gasteiger partial charge < -0.3 is 0 Å². The molecule has 0 N–H and O–H groups in total. The molecule has 1 heterocycles. The third-order valence-electron chi connectivity index (χ3n) is 1.29. The lowest BCUT2D eigenvalue weighted by molar-refractivity contribution is 1.10. The fourth-order valence-electron chi connectivity index (χ4n) is 0.702. The van der Waals surface area contributed by atoms with Crippen LogP contribution in [0.5, 0.6) is 0 Å². The van der Waals surface area contributed by atoms with Crippen molar-refractivity contribution in [3.05, 3.63) is 30.4 Å². The molecule has 11 heavy (non-hydrogen) atoms. The fraction of sp³-hybridized carbons (Fsp3) is 0.250. The minimum Gasteiger partial charge on any atom is -0.261 e. The van der Waals surface area contributed by atoms with Crippen molar-refractivity contribution in [2.75, 3.05) is 6.26 Å². The molecule has 0 atom stereocenters. The lowest BCUT2D eigenvalue weighted by Crippen LogP contribution is -1.89. The normalized spacial score (nSPS) is 9.64. The third kappa shape index (κ3) is 2.05. The van der Waals surface area contributed by atoms with E-state index < -0.39 is 0 Å². The van der Waals surface area contributed by atoms with Crippen LogP contribution >= 0.6 is 11.8 Å². The van der Waals surface area contributed by atoms with Crippen LogP contribution in [0.25, 0.3) is 4.91 Å². The summed E-state index contributed by atoms with van der Waals surface area (Å²) in [7, 11) is 0. The summed E-state index contributed by atoms with van der Waals surface area (Å²) in [6.45, 7) is 5.77. The number of hydrogen-bond donors (Lipinski definition) is 0. The zero-order valence-corrected chi connectivity index (χ0v) is 7.48. The van der Waals surface area contributed by atoms with Gasteiger partial charge in [-0.15, -0.1) is 11.8 Å². The van der Waals surface area contributed by atoms with Crippen LogP contribution in [-0.2, 0) is 0 Å². The Morgan fingerprint density at radius 1 is 1.55 bits per heavy atom. The van der Waals surface area contributed by atoms with Crippen molar-refractivity contribution in [2.45, 2.75) is 6.92 Å². The van der Waals surface area contributed by atoms with E-state index in [0.717, 1.165) is 16.3 Å². The molecule has 1 aromatic heterocycles. The second kappa shape index (κ2) is 3.53. The van der Waals surface area contributed by atoms with E-state index in [4.69, 9.17) is 0 Å². The topological polar surface area (TPSA) is 25.8 Å². The molecule has 0 amide bonds. The van der Waals surface area contributed by atoms with Crippen LogP contribution in [0, 0.1) is 6.92 Å². The Balaban J connectivity index is 2.96. The maximum Gasteiger partial charge on any atom is 0.0945 e. The van der Waals surface area contributed by atoms with E-state index in [1.165, 1.54) is 0 Å². The largest absolute Gasteiger partial charge is 0.261 e. The van der Waals surface area contributed by atoms with Gasteiger partial charge in [0.05, 0.1) is 17.6 Å². The molecule has 1 rings (SSSR count). The molecule has 0 aliphatic rings. The Morgan fingerprint density at radius 3 is 2.82 bits per heavy atom. The van der Waals surface area contributed by atoms with Gasteiger partial charge in [-0.05, 0) is 13.2 Å². The zero-order valence-electron chi connectivity index (χ0n) is 6.66. The van der Waals surface area contributed by atoms with Gasteiger partial charge in [-0.1, -0.05) is 6.58 Å². The van der Waals surface area contributed by atoms with Crippen LogP contribution in [0.3, 0.4) is 0 Å². The molecule has 0 saturated carbocycles. The van der Waals surface area contributed by atoms with E-state index in [2.05, 4.69) is 16.5 Å². The quantitative estimate of drug-likeness (QED) is 0.673. The summed E-state index contributed by atoms with van der Waals surface area (Å²) >= 11 is 1.59. The summed E-state index contributed by atoms with van der Waals surface area (Å²) in [5, 5.41) is 0. The molecule has 0 radical (unpaired) electrons. The van der Waals surface area contributed by atoms with Crippen LogP contribution in [-0.4, -0.2) is 16.2 Å². The summed E-state index contributed by atoms with van der Waals surface area (Å²) in [6.07, 6.45) is 5.44. The molecule has 1 aromatic rings. The highest BCUT2D eigenvalue weighted by atomic mass is 32.2. The first-order chi connectivity index (χ1) is 5.24. The minimum absolute atomic E-state index is 0.873. The number of nitrogens with zero attached hydrogens (tertiary/aromatic N) is 2. The van der Waals surface area contributed by atoms with E-state index in [9.17, 15) is 0 Å². The number of aromatic nitrogens is 2. The Kier molecular flexibility index (Phi) is 2.65. The van der Waals surface area contributed by atoms with Crippen molar-refractivity contribution in [1.82, 2.24) is 9.97 Å². The first-order valence-corrected chi connectivity index (χ1v) is 4.48. The number of aryl methyl sites for hydroxylation is 1. The average molecular weight is 166 g/mol. The lowest BCUT2D eigenvalue weighted by Gasteiger charge is -1.99. The molecule has 0 unspecified atom stereocenters. The van der Waals surface area contributed by atoms with Crippen molar-refractivity contribution in [2.24, 2.45) is 0 Å². The van der Waals surface area contributed by atoms with E-state index in [1.807, 2.05) is 13.2 Å². The SMILES string of the molecule is C=C(SC)c1cncc(C)n1. The predicted octanol–water partition coefficient (Wildman–Crippen LogP) is 2.12. The Morgan fingerprint density at radius 2 is 2.27 bits per heavy atom. The highest BCUT2D eigenvalue weighted by Crippen LogP contribution is 2.19. The van der Waals surface area contributed by atoms with Crippen LogP contribution in [0.15, 0.2) is 19.0 Å². The van der Waals surface area contributed by atoms with Crippen LogP contribution in [0.1, 0.15) is 11.4 Å². The maximum absolute atomic E-state index is 4.26. The highest BCUT2D eigenvalue weighted by molar-refractivity contribution is 8.07. The van der Waals surface area contributed by atoms with Crippen LogP contribution < -0.4 is 0 Å². The van der Waals surface area contributed by atoms with Crippen LogP contribution in [0.2, 0.25) is 0 Å². The number of hydrogen-bond acceptors (Lipinski definition) is 3. The minimum atomic E-state index is 0.873. The lowest BCUT2D eigenvalue weighted by atomic mass is 10.4. The summed E-state index contributed by atoms with van der Waals surface area (Å²) in [5.74, 6) is 0. The Hall–Kier alpha value is -0.830.